The highest BCUT2D eigenvalue weighted by molar-refractivity contribution is 5.75. The van der Waals surface area contributed by atoms with E-state index in [9.17, 15) is 22.8 Å². The lowest BCUT2D eigenvalue weighted by molar-refractivity contribution is -0.141. The van der Waals surface area contributed by atoms with E-state index in [0.29, 0.717) is 19.3 Å². The lowest BCUT2D eigenvalue weighted by Gasteiger charge is -2.21. The molecule has 1 saturated carbocycles. The van der Waals surface area contributed by atoms with Gasteiger partial charge in [0.1, 0.15) is 0 Å². The fraction of sp³-hybridized carbons (Fsp3) is 0.818. The van der Waals surface area contributed by atoms with Crippen molar-refractivity contribution in [3.05, 3.63) is 0 Å². The molecule has 8 heteroatoms. The number of halogens is 3. The van der Waals surface area contributed by atoms with Gasteiger partial charge in [0.25, 0.3) is 0 Å². The Labute approximate surface area is 108 Å². The number of nitrogens with zero attached hydrogens (tertiary/aromatic N) is 1. The number of aliphatic carboxylic acids is 1. The Balaban J connectivity index is 2.33. The summed E-state index contributed by atoms with van der Waals surface area (Å²) in [4.78, 5) is 23.3. The lowest BCUT2D eigenvalue weighted by atomic mass is 10.1. The molecule has 2 unspecified atom stereocenters. The normalized spacial score (nSPS) is 23.2. The molecule has 0 aliphatic heterocycles. The summed E-state index contributed by atoms with van der Waals surface area (Å²) in [5, 5.41) is 11.4. The van der Waals surface area contributed by atoms with Crippen LogP contribution < -0.4 is 5.32 Å². The average molecular weight is 282 g/mol. The minimum Gasteiger partial charge on any atom is -0.481 e. The summed E-state index contributed by atoms with van der Waals surface area (Å²) in [5.74, 6) is -1.38. The van der Waals surface area contributed by atoms with Gasteiger partial charge in [0.2, 0.25) is 0 Å². The fourth-order valence-corrected chi connectivity index (χ4v) is 2.02. The standard InChI is InChI=1S/C11H17F3N2O3/c1-16(5-4-11(12,13)14)10(19)15-8-3-2-7(6-8)9(17)18/h7-8H,2-6H2,1H3,(H,15,19)(H,17,18). The molecule has 2 N–H and O–H groups in total. The highest BCUT2D eigenvalue weighted by Gasteiger charge is 2.32. The van der Waals surface area contributed by atoms with Gasteiger partial charge in [0.15, 0.2) is 0 Å². The maximum atomic E-state index is 12.0. The Hall–Kier alpha value is -1.47. The van der Waals surface area contributed by atoms with Gasteiger partial charge in [0, 0.05) is 19.6 Å². The minimum atomic E-state index is -4.30. The first-order chi connectivity index (χ1) is 8.69. The fourth-order valence-electron chi connectivity index (χ4n) is 2.02. The number of amides is 2. The number of alkyl halides is 3. The van der Waals surface area contributed by atoms with Crippen LogP contribution >= 0.6 is 0 Å². The van der Waals surface area contributed by atoms with Crippen LogP contribution in [-0.2, 0) is 4.79 Å². The molecular weight excluding hydrogens is 265 g/mol. The van der Waals surface area contributed by atoms with Crippen molar-refractivity contribution in [2.75, 3.05) is 13.6 Å². The Kier molecular flexibility index (Phi) is 5.02. The molecule has 19 heavy (non-hydrogen) atoms. The molecule has 1 aliphatic rings. The number of carbonyl (C=O) groups excluding carboxylic acids is 1. The van der Waals surface area contributed by atoms with Crippen LogP contribution in [0, 0.1) is 5.92 Å². The van der Waals surface area contributed by atoms with Crippen molar-refractivity contribution >= 4 is 12.0 Å². The van der Waals surface area contributed by atoms with Crippen LogP contribution in [0.15, 0.2) is 0 Å². The maximum Gasteiger partial charge on any atom is 0.390 e. The largest absolute Gasteiger partial charge is 0.481 e. The summed E-state index contributed by atoms with van der Waals surface area (Å²) in [7, 11) is 1.28. The van der Waals surface area contributed by atoms with Gasteiger partial charge in [-0.05, 0) is 19.3 Å². The summed E-state index contributed by atoms with van der Waals surface area (Å²) in [6.07, 6.45) is -4.01. The van der Waals surface area contributed by atoms with E-state index in [1.165, 1.54) is 7.05 Å². The molecule has 1 rings (SSSR count). The van der Waals surface area contributed by atoms with Crippen molar-refractivity contribution in [3.63, 3.8) is 0 Å². The van der Waals surface area contributed by atoms with Gasteiger partial charge in [-0.25, -0.2) is 4.79 Å². The molecule has 1 aliphatic carbocycles. The number of carboxylic acids is 1. The van der Waals surface area contributed by atoms with E-state index in [-0.39, 0.29) is 6.04 Å². The van der Waals surface area contributed by atoms with E-state index in [2.05, 4.69) is 5.32 Å². The predicted octanol–water partition coefficient (Wildman–Crippen LogP) is 1.83. The van der Waals surface area contributed by atoms with Crippen LogP contribution in [-0.4, -0.2) is 47.8 Å². The summed E-state index contributed by atoms with van der Waals surface area (Å²) in [6.45, 7) is -0.412. The molecule has 0 heterocycles. The molecular formula is C11H17F3N2O3. The van der Waals surface area contributed by atoms with Crippen molar-refractivity contribution in [1.82, 2.24) is 10.2 Å². The monoisotopic (exact) mass is 282 g/mol. The molecule has 0 aromatic carbocycles. The van der Waals surface area contributed by atoms with Gasteiger partial charge in [-0.2, -0.15) is 13.2 Å². The molecule has 0 bridgehead atoms. The van der Waals surface area contributed by atoms with E-state index in [0.717, 1.165) is 4.90 Å². The van der Waals surface area contributed by atoms with Crippen molar-refractivity contribution in [2.45, 2.75) is 37.9 Å². The SMILES string of the molecule is CN(CCC(F)(F)F)C(=O)NC1CCC(C(=O)O)C1. The predicted molar refractivity (Wildman–Crippen MR) is 60.6 cm³/mol. The summed E-state index contributed by atoms with van der Waals surface area (Å²) in [6, 6.07) is -0.873. The molecule has 0 aromatic rings. The van der Waals surface area contributed by atoms with Crippen LogP contribution in [0.4, 0.5) is 18.0 Å². The Bertz CT molecular complexity index is 347. The van der Waals surface area contributed by atoms with Gasteiger partial charge in [-0.3, -0.25) is 4.79 Å². The number of carbonyl (C=O) groups is 2. The van der Waals surface area contributed by atoms with E-state index in [1.807, 2.05) is 0 Å². The van der Waals surface area contributed by atoms with Gasteiger partial charge < -0.3 is 15.3 Å². The molecule has 110 valence electrons. The van der Waals surface area contributed by atoms with Crippen molar-refractivity contribution in [2.24, 2.45) is 5.92 Å². The van der Waals surface area contributed by atoms with Gasteiger partial charge in [0.05, 0.1) is 12.3 Å². The van der Waals surface area contributed by atoms with Crippen LogP contribution in [0.25, 0.3) is 0 Å². The quantitative estimate of drug-likeness (QED) is 0.826. The second kappa shape index (κ2) is 6.12. The van der Waals surface area contributed by atoms with Crippen LogP contribution in [0.1, 0.15) is 25.7 Å². The zero-order chi connectivity index (χ0) is 14.6. The first-order valence-corrected chi connectivity index (χ1v) is 6.00. The van der Waals surface area contributed by atoms with E-state index < -0.39 is 37.1 Å². The van der Waals surface area contributed by atoms with E-state index >= 15 is 0 Å². The molecule has 1 fully saturated rings. The van der Waals surface area contributed by atoms with E-state index in [4.69, 9.17) is 5.11 Å². The third kappa shape index (κ3) is 5.35. The highest BCUT2D eigenvalue weighted by atomic mass is 19.4. The van der Waals surface area contributed by atoms with Gasteiger partial charge >= 0.3 is 18.2 Å². The zero-order valence-corrected chi connectivity index (χ0v) is 10.5. The molecule has 0 spiro atoms. The Morgan fingerprint density at radius 1 is 1.37 bits per heavy atom. The molecule has 2 atom stereocenters. The Morgan fingerprint density at radius 3 is 2.47 bits per heavy atom. The number of nitrogens with one attached hydrogen (secondary N) is 1. The Morgan fingerprint density at radius 2 is 2.00 bits per heavy atom. The molecule has 0 saturated heterocycles. The van der Waals surface area contributed by atoms with Crippen molar-refractivity contribution < 1.29 is 27.9 Å². The van der Waals surface area contributed by atoms with E-state index in [1.54, 1.807) is 0 Å². The average Bonchev–Trinajstić information content (AvgIpc) is 2.73. The maximum absolute atomic E-state index is 12.0. The number of hydrogen-bond acceptors (Lipinski definition) is 2. The van der Waals surface area contributed by atoms with Crippen LogP contribution in [0.5, 0.6) is 0 Å². The first kappa shape index (κ1) is 15.6. The molecule has 0 radical (unpaired) electrons. The third-order valence-electron chi connectivity index (χ3n) is 3.19. The summed E-state index contributed by atoms with van der Waals surface area (Å²) >= 11 is 0. The second-order valence-electron chi connectivity index (χ2n) is 4.78. The summed E-state index contributed by atoms with van der Waals surface area (Å²) < 4.78 is 36.0. The van der Waals surface area contributed by atoms with Crippen LogP contribution in [0.3, 0.4) is 0 Å². The molecule has 5 nitrogen and oxygen atoms in total. The van der Waals surface area contributed by atoms with Crippen LogP contribution in [0.2, 0.25) is 0 Å². The number of carboxylic acid groups (broad SMARTS) is 1. The third-order valence-corrected chi connectivity index (χ3v) is 3.19. The zero-order valence-electron chi connectivity index (χ0n) is 10.5. The first-order valence-electron chi connectivity index (χ1n) is 6.00. The summed E-state index contributed by atoms with van der Waals surface area (Å²) in [5.41, 5.74) is 0. The van der Waals surface area contributed by atoms with Crippen molar-refractivity contribution in [1.29, 1.82) is 0 Å². The number of urea groups is 1. The topological polar surface area (TPSA) is 69.6 Å². The number of rotatable bonds is 4. The minimum absolute atomic E-state index is 0.276. The smallest absolute Gasteiger partial charge is 0.390 e. The molecule has 2 amide bonds. The molecule has 0 aromatic heterocycles. The van der Waals surface area contributed by atoms with Gasteiger partial charge in [-0.15, -0.1) is 0 Å². The van der Waals surface area contributed by atoms with Crippen molar-refractivity contribution in [3.8, 4) is 0 Å². The lowest BCUT2D eigenvalue weighted by Crippen LogP contribution is -2.43. The highest BCUT2D eigenvalue weighted by Crippen LogP contribution is 2.25. The van der Waals surface area contributed by atoms with Gasteiger partial charge in [-0.1, -0.05) is 0 Å². The number of hydrogen-bond donors (Lipinski definition) is 2. The second-order valence-corrected chi connectivity index (χ2v) is 4.78.